The van der Waals surface area contributed by atoms with E-state index in [0.717, 1.165) is 22.6 Å². The zero-order valence-electron chi connectivity index (χ0n) is 12.0. The molecule has 0 spiro atoms. The second-order valence-corrected chi connectivity index (χ2v) is 4.65. The van der Waals surface area contributed by atoms with Crippen molar-refractivity contribution in [1.82, 2.24) is 0 Å². The normalized spacial score (nSPS) is 10.1. The lowest BCUT2D eigenvalue weighted by Gasteiger charge is -2.11. The van der Waals surface area contributed by atoms with Crippen LogP contribution in [0, 0.1) is 0 Å². The molecule has 0 aliphatic carbocycles. The van der Waals surface area contributed by atoms with Crippen molar-refractivity contribution in [3.63, 3.8) is 0 Å². The van der Waals surface area contributed by atoms with Gasteiger partial charge in [-0.2, -0.15) is 0 Å². The Labute approximate surface area is 124 Å². The van der Waals surface area contributed by atoms with Crippen molar-refractivity contribution in [3.05, 3.63) is 59.7 Å². The Morgan fingerprint density at radius 2 is 1.76 bits per heavy atom. The summed E-state index contributed by atoms with van der Waals surface area (Å²) >= 11 is 0. The summed E-state index contributed by atoms with van der Waals surface area (Å²) in [5.41, 5.74) is 2.81. The van der Waals surface area contributed by atoms with Crippen LogP contribution in [0.15, 0.2) is 48.5 Å². The molecule has 0 aliphatic rings. The van der Waals surface area contributed by atoms with Crippen LogP contribution in [-0.2, 0) is 17.8 Å². The summed E-state index contributed by atoms with van der Waals surface area (Å²) in [7, 11) is 0. The van der Waals surface area contributed by atoms with E-state index in [4.69, 9.17) is 9.84 Å². The summed E-state index contributed by atoms with van der Waals surface area (Å²) in [5.74, 6) is 0.0258. The molecule has 0 saturated heterocycles. The fourth-order valence-corrected chi connectivity index (χ4v) is 2.10. The molecule has 0 heterocycles. The molecule has 2 rings (SSSR count). The number of aliphatic carboxylic acids is 1. The van der Waals surface area contributed by atoms with Gasteiger partial charge in [0, 0.05) is 12.2 Å². The summed E-state index contributed by atoms with van der Waals surface area (Å²) in [6.07, 6.45) is 0.0428. The molecule has 4 nitrogen and oxygen atoms in total. The summed E-state index contributed by atoms with van der Waals surface area (Å²) in [6.45, 7) is 3.19. The van der Waals surface area contributed by atoms with E-state index < -0.39 is 5.97 Å². The number of carbonyl (C=O) groups is 1. The first-order valence-corrected chi connectivity index (χ1v) is 6.94. The van der Waals surface area contributed by atoms with Crippen LogP contribution in [0.5, 0.6) is 5.75 Å². The number of hydrogen-bond donors (Lipinski definition) is 2. The molecule has 0 bridgehead atoms. The Hall–Kier alpha value is -2.49. The number of rotatable bonds is 7. The highest BCUT2D eigenvalue weighted by atomic mass is 16.5. The van der Waals surface area contributed by atoms with Gasteiger partial charge in [0.1, 0.15) is 5.75 Å². The third-order valence-electron chi connectivity index (χ3n) is 3.11. The van der Waals surface area contributed by atoms with Crippen molar-refractivity contribution >= 4 is 11.7 Å². The first-order chi connectivity index (χ1) is 10.2. The molecule has 0 saturated carbocycles. The van der Waals surface area contributed by atoms with Crippen LogP contribution in [0.1, 0.15) is 18.1 Å². The summed E-state index contributed by atoms with van der Waals surface area (Å²) in [6, 6.07) is 15.3. The van der Waals surface area contributed by atoms with Gasteiger partial charge in [-0.3, -0.25) is 4.79 Å². The minimum absolute atomic E-state index is 0.0428. The zero-order chi connectivity index (χ0) is 15.1. The molecule has 0 amide bonds. The minimum atomic E-state index is -0.816. The molecule has 21 heavy (non-hydrogen) atoms. The maximum Gasteiger partial charge on any atom is 0.307 e. The molecule has 0 radical (unpaired) electrons. The summed E-state index contributed by atoms with van der Waals surface area (Å²) < 4.78 is 5.39. The predicted octanol–water partition coefficient (Wildman–Crippen LogP) is 3.32. The van der Waals surface area contributed by atoms with Crippen molar-refractivity contribution in [3.8, 4) is 5.75 Å². The van der Waals surface area contributed by atoms with Crippen molar-refractivity contribution < 1.29 is 14.6 Å². The lowest BCUT2D eigenvalue weighted by Crippen LogP contribution is -2.07. The molecular weight excluding hydrogens is 266 g/mol. The highest BCUT2D eigenvalue weighted by Crippen LogP contribution is 2.17. The maximum absolute atomic E-state index is 10.9. The molecule has 0 fully saturated rings. The van der Waals surface area contributed by atoms with Crippen LogP contribution in [-0.4, -0.2) is 17.7 Å². The molecule has 0 aliphatic heterocycles. The van der Waals surface area contributed by atoms with Crippen LogP contribution in [0.25, 0.3) is 0 Å². The predicted molar refractivity (Wildman–Crippen MR) is 82.7 cm³/mol. The van der Waals surface area contributed by atoms with Gasteiger partial charge in [0.2, 0.25) is 0 Å². The molecule has 4 heteroatoms. The van der Waals surface area contributed by atoms with E-state index in [2.05, 4.69) is 5.32 Å². The van der Waals surface area contributed by atoms with Crippen LogP contribution in [0.4, 0.5) is 5.69 Å². The van der Waals surface area contributed by atoms with Crippen LogP contribution in [0.2, 0.25) is 0 Å². The van der Waals surface area contributed by atoms with E-state index in [1.54, 1.807) is 0 Å². The van der Waals surface area contributed by atoms with Crippen molar-refractivity contribution in [2.24, 2.45) is 0 Å². The van der Waals surface area contributed by atoms with Gasteiger partial charge < -0.3 is 15.2 Å². The molecule has 2 aromatic rings. The van der Waals surface area contributed by atoms with Gasteiger partial charge in [-0.25, -0.2) is 0 Å². The Kier molecular flexibility index (Phi) is 5.21. The van der Waals surface area contributed by atoms with E-state index in [-0.39, 0.29) is 6.42 Å². The van der Waals surface area contributed by atoms with Gasteiger partial charge in [0.15, 0.2) is 0 Å². The fourth-order valence-electron chi connectivity index (χ4n) is 2.10. The van der Waals surface area contributed by atoms with Crippen LogP contribution in [0.3, 0.4) is 0 Å². The van der Waals surface area contributed by atoms with Crippen molar-refractivity contribution in [2.75, 3.05) is 11.9 Å². The van der Waals surface area contributed by atoms with Crippen molar-refractivity contribution in [1.29, 1.82) is 0 Å². The van der Waals surface area contributed by atoms with Gasteiger partial charge in [-0.1, -0.05) is 24.3 Å². The van der Waals surface area contributed by atoms with E-state index in [1.165, 1.54) is 0 Å². The Morgan fingerprint density at radius 3 is 2.38 bits per heavy atom. The van der Waals surface area contributed by atoms with Gasteiger partial charge >= 0.3 is 5.97 Å². The van der Waals surface area contributed by atoms with E-state index >= 15 is 0 Å². The molecule has 0 unspecified atom stereocenters. The second kappa shape index (κ2) is 7.33. The Morgan fingerprint density at radius 1 is 1.10 bits per heavy atom. The van der Waals surface area contributed by atoms with Gasteiger partial charge in [0.25, 0.3) is 0 Å². The summed E-state index contributed by atoms with van der Waals surface area (Å²) in [4.78, 5) is 10.9. The number of ether oxygens (including phenoxy) is 1. The average Bonchev–Trinajstić information content (AvgIpc) is 2.48. The number of benzene rings is 2. The molecule has 0 atom stereocenters. The van der Waals surface area contributed by atoms with Crippen LogP contribution >= 0.6 is 0 Å². The molecule has 0 aromatic heterocycles. The lowest BCUT2D eigenvalue weighted by atomic mass is 10.0. The SMILES string of the molecule is CCOc1ccc(NCc2ccccc2CC(=O)O)cc1. The summed E-state index contributed by atoms with van der Waals surface area (Å²) in [5, 5.41) is 12.2. The van der Waals surface area contributed by atoms with E-state index in [9.17, 15) is 4.79 Å². The third-order valence-corrected chi connectivity index (χ3v) is 3.11. The Bertz CT molecular complexity index is 593. The smallest absolute Gasteiger partial charge is 0.307 e. The number of nitrogens with one attached hydrogen (secondary N) is 1. The first-order valence-electron chi connectivity index (χ1n) is 6.94. The third kappa shape index (κ3) is 4.53. The quantitative estimate of drug-likeness (QED) is 0.819. The molecule has 2 N–H and O–H groups in total. The molecule has 2 aromatic carbocycles. The number of hydrogen-bond acceptors (Lipinski definition) is 3. The maximum atomic E-state index is 10.9. The topological polar surface area (TPSA) is 58.6 Å². The standard InChI is InChI=1S/C17H19NO3/c1-2-21-16-9-7-15(8-10-16)18-12-14-6-4-3-5-13(14)11-17(19)20/h3-10,18H,2,11-12H2,1H3,(H,19,20). The van der Waals surface area contributed by atoms with E-state index in [0.29, 0.717) is 13.2 Å². The fraction of sp³-hybridized carbons (Fsp3) is 0.235. The van der Waals surface area contributed by atoms with Gasteiger partial charge in [-0.05, 0) is 42.3 Å². The highest BCUT2D eigenvalue weighted by Gasteiger charge is 2.06. The molecular formula is C17H19NO3. The number of carboxylic acid groups (broad SMARTS) is 1. The zero-order valence-corrected chi connectivity index (χ0v) is 12.0. The minimum Gasteiger partial charge on any atom is -0.494 e. The number of anilines is 1. The van der Waals surface area contributed by atoms with E-state index in [1.807, 2.05) is 55.5 Å². The first kappa shape index (κ1) is 14.9. The number of carboxylic acids is 1. The lowest BCUT2D eigenvalue weighted by molar-refractivity contribution is -0.136. The molecule has 110 valence electrons. The Balaban J connectivity index is 2.00. The van der Waals surface area contributed by atoms with Crippen molar-refractivity contribution in [2.45, 2.75) is 19.9 Å². The van der Waals surface area contributed by atoms with Gasteiger partial charge in [-0.15, -0.1) is 0 Å². The largest absolute Gasteiger partial charge is 0.494 e. The average molecular weight is 285 g/mol. The van der Waals surface area contributed by atoms with Gasteiger partial charge in [0.05, 0.1) is 13.0 Å². The van der Waals surface area contributed by atoms with Crippen LogP contribution < -0.4 is 10.1 Å². The second-order valence-electron chi connectivity index (χ2n) is 4.65. The monoisotopic (exact) mass is 285 g/mol. The highest BCUT2D eigenvalue weighted by molar-refractivity contribution is 5.70.